The first kappa shape index (κ1) is 30.2. The van der Waals surface area contributed by atoms with Crippen LogP contribution in [0.15, 0.2) is 85.3 Å². The van der Waals surface area contributed by atoms with Crippen molar-refractivity contribution in [1.82, 2.24) is 20.2 Å². The smallest absolute Gasteiger partial charge is 0.405 e. The zero-order valence-corrected chi connectivity index (χ0v) is 23.6. The zero-order chi connectivity index (χ0) is 30.8. The summed E-state index contributed by atoms with van der Waals surface area (Å²) in [5, 5.41) is 19.2. The Morgan fingerprint density at radius 3 is 2.21 bits per heavy atom. The van der Waals surface area contributed by atoms with Crippen molar-refractivity contribution >= 4 is 46.7 Å². The van der Waals surface area contributed by atoms with Gasteiger partial charge >= 0.3 is 6.09 Å². The number of rotatable bonds is 11. The van der Waals surface area contributed by atoms with Gasteiger partial charge in [0.2, 0.25) is 11.8 Å². The van der Waals surface area contributed by atoms with E-state index in [0.29, 0.717) is 34.9 Å². The van der Waals surface area contributed by atoms with Crippen LogP contribution in [-0.2, 0) is 16.0 Å². The van der Waals surface area contributed by atoms with E-state index in [2.05, 4.69) is 25.9 Å². The predicted molar refractivity (Wildman–Crippen MR) is 163 cm³/mol. The van der Waals surface area contributed by atoms with Crippen LogP contribution in [0.1, 0.15) is 22.3 Å². The van der Waals surface area contributed by atoms with Gasteiger partial charge in [-0.25, -0.2) is 9.78 Å². The maximum atomic E-state index is 12.6. The predicted octanol–water partition coefficient (Wildman–Crippen LogP) is 4.37. The largest absolute Gasteiger partial charge is 0.465 e. The van der Waals surface area contributed by atoms with Crippen molar-refractivity contribution in [2.24, 2.45) is 0 Å². The Kier molecular flexibility index (Phi) is 9.98. The standard InChI is InChI=1S/C31H31N7O5/c1-38(2)30(41)22-9-7-21(8-10-22)23-11-12-27(33-16-23)35-25-15-26(18-32-17-25)37-28(39)13-6-20-4-3-5-24(14-20)36-29(40)19-34-31(42)43/h3-5,7-12,14-18,34H,6,13,19H2,1-2H3,(H,33,35)(H,36,40)(H,37,39)(H,42,43). The van der Waals surface area contributed by atoms with Gasteiger partial charge in [0.05, 0.1) is 23.8 Å². The first-order chi connectivity index (χ1) is 20.7. The summed E-state index contributed by atoms with van der Waals surface area (Å²) < 4.78 is 0. The topological polar surface area (TPSA) is 166 Å². The lowest BCUT2D eigenvalue weighted by Gasteiger charge is -2.11. The average Bonchev–Trinajstić information content (AvgIpc) is 2.99. The lowest BCUT2D eigenvalue weighted by atomic mass is 10.1. The van der Waals surface area contributed by atoms with Crippen molar-refractivity contribution in [3.63, 3.8) is 0 Å². The Morgan fingerprint density at radius 1 is 0.791 bits per heavy atom. The molecule has 4 rings (SSSR count). The molecule has 0 aliphatic heterocycles. The molecule has 5 N–H and O–H groups in total. The third-order valence-corrected chi connectivity index (χ3v) is 6.18. The number of amides is 4. The van der Waals surface area contributed by atoms with E-state index in [1.165, 1.54) is 4.90 Å². The molecular weight excluding hydrogens is 550 g/mol. The van der Waals surface area contributed by atoms with E-state index in [-0.39, 0.29) is 24.8 Å². The highest BCUT2D eigenvalue weighted by molar-refractivity contribution is 5.95. The normalized spacial score (nSPS) is 10.4. The molecule has 2 aromatic heterocycles. The van der Waals surface area contributed by atoms with Gasteiger partial charge < -0.3 is 31.3 Å². The highest BCUT2D eigenvalue weighted by atomic mass is 16.4. The number of pyridine rings is 2. The molecule has 4 aromatic rings. The van der Waals surface area contributed by atoms with E-state index in [1.54, 1.807) is 69.1 Å². The van der Waals surface area contributed by atoms with Crippen molar-refractivity contribution in [3.05, 3.63) is 96.4 Å². The summed E-state index contributed by atoms with van der Waals surface area (Å²) in [7, 11) is 3.43. The van der Waals surface area contributed by atoms with Crippen LogP contribution in [0.4, 0.5) is 27.7 Å². The van der Waals surface area contributed by atoms with E-state index in [4.69, 9.17) is 5.11 Å². The van der Waals surface area contributed by atoms with E-state index in [0.717, 1.165) is 16.7 Å². The third-order valence-electron chi connectivity index (χ3n) is 6.18. The number of hydrogen-bond acceptors (Lipinski definition) is 7. The van der Waals surface area contributed by atoms with Gasteiger partial charge in [-0.1, -0.05) is 24.3 Å². The Bertz CT molecular complexity index is 1610. The molecule has 0 atom stereocenters. The molecule has 0 bridgehead atoms. The molecule has 0 aliphatic carbocycles. The molecule has 0 saturated carbocycles. The SMILES string of the molecule is CN(C)C(=O)c1ccc(-c2ccc(Nc3cncc(NC(=O)CCc4cccc(NC(=O)CNC(=O)O)c4)c3)nc2)cc1. The second kappa shape index (κ2) is 14.2. The summed E-state index contributed by atoms with van der Waals surface area (Å²) >= 11 is 0. The van der Waals surface area contributed by atoms with Gasteiger partial charge in [0.15, 0.2) is 0 Å². The van der Waals surface area contributed by atoms with E-state index in [9.17, 15) is 19.2 Å². The number of carbonyl (C=O) groups is 4. The summed E-state index contributed by atoms with van der Waals surface area (Å²) in [5.74, 6) is -0.161. The summed E-state index contributed by atoms with van der Waals surface area (Å²) in [6.07, 6.45) is 4.25. The van der Waals surface area contributed by atoms with Crippen LogP contribution in [0.2, 0.25) is 0 Å². The fourth-order valence-electron chi connectivity index (χ4n) is 4.07. The Balaban J connectivity index is 1.29. The number of aromatic nitrogens is 2. The Labute approximate surface area is 248 Å². The fraction of sp³-hybridized carbons (Fsp3) is 0.161. The van der Waals surface area contributed by atoms with Crippen LogP contribution < -0.4 is 21.3 Å². The number of carboxylic acid groups (broad SMARTS) is 1. The van der Waals surface area contributed by atoms with Crippen molar-refractivity contribution in [1.29, 1.82) is 0 Å². The number of carbonyl (C=O) groups excluding carboxylic acids is 3. The zero-order valence-electron chi connectivity index (χ0n) is 23.6. The molecule has 2 aromatic carbocycles. The minimum Gasteiger partial charge on any atom is -0.465 e. The molecule has 0 spiro atoms. The van der Waals surface area contributed by atoms with Gasteiger partial charge in [-0.05, 0) is 60.0 Å². The molecule has 0 aliphatic rings. The molecular formula is C31H31N7O5. The molecule has 0 fully saturated rings. The molecule has 43 heavy (non-hydrogen) atoms. The van der Waals surface area contributed by atoms with Crippen molar-refractivity contribution in [2.45, 2.75) is 12.8 Å². The lowest BCUT2D eigenvalue weighted by Crippen LogP contribution is -2.31. The van der Waals surface area contributed by atoms with Crippen molar-refractivity contribution < 1.29 is 24.3 Å². The van der Waals surface area contributed by atoms with Gasteiger partial charge in [0.1, 0.15) is 12.4 Å². The van der Waals surface area contributed by atoms with E-state index in [1.807, 2.05) is 35.6 Å². The Hall–Kier alpha value is -5.78. The van der Waals surface area contributed by atoms with Crippen LogP contribution in [0, 0.1) is 0 Å². The van der Waals surface area contributed by atoms with Crippen molar-refractivity contribution in [3.8, 4) is 11.1 Å². The number of hydrogen-bond donors (Lipinski definition) is 5. The number of nitrogens with one attached hydrogen (secondary N) is 4. The minimum atomic E-state index is -1.28. The maximum Gasteiger partial charge on any atom is 0.405 e. The molecule has 0 saturated heterocycles. The van der Waals surface area contributed by atoms with E-state index >= 15 is 0 Å². The van der Waals surface area contributed by atoms with E-state index < -0.39 is 12.0 Å². The second-order valence-electron chi connectivity index (χ2n) is 9.75. The quantitative estimate of drug-likeness (QED) is 0.174. The monoisotopic (exact) mass is 581 g/mol. The number of nitrogens with zero attached hydrogens (tertiary/aromatic N) is 3. The maximum absolute atomic E-state index is 12.6. The first-order valence-electron chi connectivity index (χ1n) is 13.3. The summed E-state index contributed by atoms with van der Waals surface area (Å²) in [6, 6.07) is 19.9. The van der Waals surface area contributed by atoms with Crippen LogP contribution in [0.5, 0.6) is 0 Å². The van der Waals surface area contributed by atoms with Gasteiger partial charge in [-0.2, -0.15) is 0 Å². The first-order valence-corrected chi connectivity index (χ1v) is 13.3. The number of anilines is 4. The molecule has 2 heterocycles. The molecule has 0 radical (unpaired) electrons. The number of benzene rings is 2. The molecule has 12 heteroatoms. The number of aryl methyl sites for hydroxylation is 1. The second-order valence-corrected chi connectivity index (χ2v) is 9.75. The highest BCUT2D eigenvalue weighted by Gasteiger charge is 2.10. The molecule has 4 amide bonds. The third kappa shape index (κ3) is 9.11. The van der Waals surface area contributed by atoms with Gasteiger partial charge in [0.25, 0.3) is 5.91 Å². The summed E-state index contributed by atoms with van der Waals surface area (Å²) in [6.45, 7) is -0.360. The van der Waals surface area contributed by atoms with Crippen LogP contribution in [0.25, 0.3) is 11.1 Å². The average molecular weight is 582 g/mol. The molecule has 12 nitrogen and oxygen atoms in total. The van der Waals surface area contributed by atoms with Crippen molar-refractivity contribution in [2.75, 3.05) is 36.6 Å². The minimum absolute atomic E-state index is 0.0567. The van der Waals surface area contributed by atoms with Crippen LogP contribution in [-0.4, -0.2) is 64.4 Å². The fourth-order valence-corrected chi connectivity index (χ4v) is 4.07. The summed E-state index contributed by atoms with van der Waals surface area (Å²) in [5.41, 5.74) is 4.95. The summed E-state index contributed by atoms with van der Waals surface area (Å²) in [4.78, 5) is 57.3. The van der Waals surface area contributed by atoms with Gasteiger partial charge in [-0.15, -0.1) is 0 Å². The lowest BCUT2D eigenvalue weighted by molar-refractivity contribution is -0.116. The van der Waals surface area contributed by atoms with Gasteiger partial charge in [-0.3, -0.25) is 19.4 Å². The van der Waals surface area contributed by atoms with Crippen LogP contribution >= 0.6 is 0 Å². The Morgan fingerprint density at radius 2 is 1.51 bits per heavy atom. The molecule has 220 valence electrons. The molecule has 0 unspecified atom stereocenters. The van der Waals surface area contributed by atoms with Gasteiger partial charge in [0, 0.05) is 43.5 Å². The van der Waals surface area contributed by atoms with Crippen LogP contribution in [0.3, 0.4) is 0 Å². The highest BCUT2D eigenvalue weighted by Crippen LogP contribution is 2.23.